The van der Waals surface area contributed by atoms with Crippen LogP contribution in [-0.2, 0) is 9.59 Å². The molecule has 5 heteroatoms. The molecule has 1 rings (SSSR count). The Morgan fingerprint density at radius 1 is 1.25 bits per heavy atom. The molecule has 0 aliphatic carbocycles. The average molecular weight is 295 g/mol. The predicted octanol–water partition coefficient (Wildman–Crippen LogP) is 2.50. The summed E-state index contributed by atoms with van der Waals surface area (Å²) in [6.07, 6.45) is 0.0817. The van der Waals surface area contributed by atoms with Crippen LogP contribution in [0.25, 0.3) is 0 Å². The van der Waals surface area contributed by atoms with E-state index in [1.807, 2.05) is 37.3 Å². The van der Waals surface area contributed by atoms with Crippen LogP contribution in [0.5, 0.6) is 0 Å². The number of carboxylic acids is 1. The maximum atomic E-state index is 11.7. The van der Waals surface area contributed by atoms with Gasteiger partial charge >= 0.3 is 5.97 Å². The Kier molecular flexibility index (Phi) is 7.15. The van der Waals surface area contributed by atoms with Gasteiger partial charge in [0.25, 0.3) is 0 Å². The first-order valence-electron chi connectivity index (χ1n) is 6.64. The highest BCUT2D eigenvalue weighted by Crippen LogP contribution is 2.15. The van der Waals surface area contributed by atoms with Crippen LogP contribution < -0.4 is 5.32 Å². The molecular formula is C15H21NO3S. The molecule has 0 aliphatic rings. The van der Waals surface area contributed by atoms with Gasteiger partial charge in [-0.15, -0.1) is 11.8 Å². The Hall–Kier alpha value is -1.49. The highest BCUT2D eigenvalue weighted by atomic mass is 32.2. The minimum absolute atomic E-state index is 0.0463. The van der Waals surface area contributed by atoms with Crippen LogP contribution in [-0.4, -0.2) is 34.5 Å². The third kappa shape index (κ3) is 6.61. The highest BCUT2D eigenvalue weighted by Gasteiger charge is 2.11. The number of hydrogen-bond donors (Lipinski definition) is 2. The fraction of sp³-hybridized carbons (Fsp3) is 0.467. The van der Waals surface area contributed by atoms with Crippen molar-refractivity contribution in [3.05, 3.63) is 35.9 Å². The van der Waals surface area contributed by atoms with Crippen molar-refractivity contribution in [2.24, 2.45) is 0 Å². The number of nitrogens with one attached hydrogen (secondary N) is 1. The number of thioether (sulfide) groups is 1. The molecule has 0 saturated carbocycles. The van der Waals surface area contributed by atoms with Crippen molar-refractivity contribution >= 4 is 23.6 Å². The second-order valence-electron chi connectivity index (χ2n) is 4.84. The van der Waals surface area contributed by atoms with E-state index >= 15 is 0 Å². The quantitative estimate of drug-likeness (QED) is 0.773. The van der Waals surface area contributed by atoms with Crippen molar-refractivity contribution in [2.75, 3.05) is 12.3 Å². The Morgan fingerprint density at radius 3 is 2.50 bits per heavy atom. The van der Waals surface area contributed by atoms with E-state index in [-0.39, 0.29) is 23.5 Å². The summed E-state index contributed by atoms with van der Waals surface area (Å²) in [5.41, 5.74) is 1.19. The third-order valence-corrected chi connectivity index (χ3v) is 4.10. The van der Waals surface area contributed by atoms with E-state index in [4.69, 9.17) is 5.11 Å². The lowest BCUT2D eigenvalue weighted by molar-refractivity contribution is -0.136. The molecule has 2 N–H and O–H groups in total. The van der Waals surface area contributed by atoms with E-state index in [0.29, 0.717) is 12.3 Å². The smallest absolute Gasteiger partial charge is 0.304 e. The predicted molar refractivity (Wildman–Crippen MR) is 82.0 cm³/mol. The number of hydrogen-bond acceptors (Lipinski definition) is 3. The van der Waals surface area contributed by atoms with Gasteiger partial charge in [-0.1, -0.05) is 44.2 Å². The summed E-state index contributed by atoms with van der Waals surface area (Å²) in [5, 5.41) is 11.5. The second-order valence-corrected chi connectivity index (χ2v) is 6.26. The molecule has 2 atom stereocenters. The van der Waals surface area contributed by atoms with Gasteiger partial charge in [-0.05, 0) is 11.5 Å². The number of carboxylic acid groups (broad SMARTS) is 1. The number of carbonyl (C=O) groups is 2. The number of carbonyl (C=O) groups excluding carboxylic acids is 1. The Bertz CT molecular complexity index is 436. The first-order chi connectivity index (χ1) is 9.49. The van der Waals surface area contributed by atoms with Gasteiger partial charge in [0.1, 0.15) is 0 Å². The molecular weight excluding hydrogens is 274 g/mol. The normalized spacial score (nSPS) is 13.5. The van der Waals surface area contributed by atoms with E-state index in [1.165, 1.54) is 17.3 Å². The summed E-state index contributed by atoms with van der Waals surface area (Å²) >= 11 is 1.37. The zero-order valence-electron chi connectivity index (χ0n) is 11.8. The molecule has 1 aromatic carbocycles. The van der Waals surface area contributed by atoms with Crippen molar-refractivity contribution in [1.82, 2.24) is 5.32 Å². The maximum absolute atomic E-state index is 11.7. The molecule has 0 heterocycles. The van der Waals surface area contributed by atoms with E-state index in [1.54, 1.807) is 0 Å². The van der Waals surface area contributed by atoms with Gasteiger partial charge < -0.3 is 10.4 Å². The third-order valence-electron chi connectivity index (χ3n) is 2.94. The monoisotopic (exact) mass is 295 g/mol. The van der Waals surface area contributed by atoms with Crippen molar-refractivity contribution in [2.45, 2.75) is 31.4 Å². The second kappa shape index (κ2) is 8.64. The number of aliphatic carboxylic acids is 1. The fourth-order valence-corrected chi connectivity index (χ4v) is 2.54. The standard InChI is InChI=1S/C15H21NO3S/c1-11(13-6-4-3-5-7-13)9-16-14(17)10-20-12(2)8-15(18)19/h3-7,11-12H,8-10H2,1-2H3,(H,16,17)(H,18,19). The summed E-state index contributed by atoms with van der Waals surface area (Å²) in [5.74, 6) is -0.310. The van der Waals surface area contributed by atoms with Crippen molar-refractivity contribution in [3.63, 3.8) is 0 Å². The van der Waals surface area contributed by atoms with Crippen LogP contribution in [0.4, 0.5) is 0 Å². The van der Waals surface area contributed by atoms with Crippen LogP contribution in [0.3, 0.4) is 0 Å². The Morgan fingerprint density at radius 2 is 1.90 bits per heavy atom. The van der Waals surface area contributed by atoms with Crippen LogP contribution in [0, 0.1) is 0 Å². The molecule has 0 spiro atoms. The van der Waals surface area contributed by atoms with Crippen LogP contribution in [0.1, 0.15) is 31.7 Å². The summed E-state index contributed by atoms with van der Waals surface area (Å²) < 4.78 is 0. The minimum atomic E-state index is -0.830. The zero-order chi connectivity index (χ0) is 15.0. The fourth-order valence-electron chi connectivity index (χ4n) is 1.74. The molecule has 0 bridgehead atoms. The molecule has 110 valence electrons. The number of benzene rings is 1. The average Bonchev–Trinajstić information content (AvgIpc) is 2.42. The lowest BCUT2D eigenvalue weighted by atomic mass is 10.0. The Balaban J connectivity index is 2.25. The van der Waals surface area contributed by atoms with Gasteiger partial charge in [0.05, 0.1) is 12.2 Å². The molecule has 0 saturated heterocycles. The van der Waals surface area contributed by atoms with Gasteiger partial charge in [0.15, 0.2) is 0 Å². The number of amides is 1. The molecule has 4 nitrogen and oxygen atoms in total. The van der Waals surface area contributed by atoms with E-state index in [2.05, 4.69) is 12.2 Å². The van der Waals surface area contributed by atoms with Gasteiger partial charge in [-0.25, -0.2) is 0 Å². The molecule has 0 aliphatic heterocycles. The maximum Gasteiger partial charge on any atom is 0.304 e. The van der Waals surface area contributed by atoms with E-state index in [0.717, 1.165) is 0 Å². The molecule has 2 unspecified atom stereocenters. The van der Waals surface area contributed by atoms with Crippen molar-refractivity contribution in [1.29, 1.82) is 0 Å². The van der Waals surface area contributed by atoms with Crippen LogP contribution in [0.15, 0.2) is 30.3 Å². The van der Waals surface area contributed by atoms with Gasteiger partial charge in [-0.2, -0.15) is 0 Å². The summed E-state index contributed by atoms with van der Waals surface area (Å²) in [6.45, 7) is 4.48. The minimum Gasteiger partial charge on any atom is -0.481 e. The SMILES string of the molecule is CC(CC(=O)O)SCC(=O)NCC(C)c1ccccc1. The van der Waals surface area contributed by atoms with E-state index in [9.17, 15) is 9.59 Å². The highest BCUT2D eigenvalue weighted by molar-refractivity contribution is 8.00. The van der Waals surface area contributed by atoms with Crippen molar-refractivity contribution in [3.8, 4) is 0 Å². The molecule has 0 radical (unpaired) electrons. The van der Waals surface area contributed by atoms with Crippen LogP contribution >= 0.6 is 11.8 Å². The van der Waals surface area contributed by atoms with E-state index < -0.39 is 5.97 Å². The first-order valence-corrected chi connectivity index (χ1v) is 7.69. The largest absolute Gasteiger partial charge is 0.481 e. The Labute approximate surface area is 124 Å². The molecule has 0 aromatic heterocycles. The molecule has 1 amide bonds. The topological polar surface area (TPSA) is 66.4 Å². The summed E-state index contributed by atoms with van der Waals surface area (Å²) in [7, 11) is 0. The zero-order valence-corrected chi connectivity index (χ0v) is 12.7. The molecule has 20 heavy (non-hydrogen) atoms. The number of rotatable bonds is 8. The molecule has 0 fully saturated rings. The van der Waals surface area contributed by atoms with Crippen molar-refractivity contribution < 1.29 is 14.7 Å². The van der Waals surface area contributed by atoms with Gasteiger partial charge in [0, 0.05) is 11.8 Å². The lowest BCUT2D eigenvalue weighted by Gasteiger charge is -2.13. The lowest BCUT2D eigenvalue weighted by Crippen LogP contribution is -2.29. The first kappa shape index (κ1) is 16.6. The van der Waals surface area contributed by atoms with Gasteiger partial charge in [-0.3, -0.25) is 9.59 Å². The van der Waals surface area contributed by atoms with Gasteiger partial charge in [0.2, 0.25) is 5.91 Å². The summed E-state index contributed by atoms with van der Waals surface area (Å²) in [6, 6.07) is 10.0. The van der Waals surface area contributed by atoms with Crippen LogP contribution in [0.2, 0.25) is 0 Å². The molecule has 1 aromatic rings. The summed E-state index contributed by atoms with van der Waals surface area (Å²) in [4.78, 5) is 22.2.